The van der Waals surface area contributed by atoms with Crippen LogP contribution in [-0.2, 0) is 9.53 Å². The van der Waals surface area contributed by atoms with Gasteiger partial charge in [0.15, 0.2) is 0 Å². The van der Waals surface area contributed by atoms with Gasteiger partial charge in [-0.15, -0.1) is 0 Å². The fraction of sp³-hybridized carbons (Fsp3) is 0.722. The first-order chi connectivity index (χ1) is 12.2. The Hall–Kier alpha value is -1.73. The SMILES string of the molecule is O=C(NC1CC(c2cc(N3CC[C@H](O)C3)ncn2)C1)C1CCOCC1. The Morgan fingerprint density at radius 1 is 1.24 bits per heavy atom. The van der Waals surface area contributed by atoms with Crippen LogP contribution in [0.25, 0.3) is 0 Å². The zero-order valence-electron chi connectivity index (χ0n) is 14.4. The molecular weight excluding hydrogens is 320 g/mol. The van der Waals surface area contributed by atoms with Gasteiger partial charge in [0.2, 0.25) is 5.91 Å². The Morgan fingerprint density at radius 2 is 2.04 bits per heavy atom. The molecule has 3 heterocycles. The number of anilines is 1. The van der Waals surface area contributed by atoms with Crippen molar-refractivity contribution in [2.24, 2.45) is 5.92 Å². The highest BCUT2D eigenvalue weighted by Gasteiger charge is 2.34. The van der Waals surface area contributed by atoms with Gasteiger partial charge in [-0.05, 0) is 32.1 Å². The van der Waals surface area contributed by atoms with Crippen molar-refractivity contribution in [1.29, 1.82) is 0 Å². The molecule has 1 aromatic heterocycles. The van der Waals surface area contributed by atoms with Crippen molar-refractivity contribution in [3.05, 3.63) is 18.1 Å². The van der Waals surface area contributed by atoms with Crippen LogP contribution in [0.5, 0.6) is 0 Å². The molecule has 1 amide bonds. The topological polar surface area (TPSA) is 87.6 Å². The summed E-state index contributed by atoms with van der Waals surface area (Å²) >= 11 is 0. The van der Waals surface area contributed by atoms with E-state index >= 15 is 0 Å². The van der Waals surface area contributed by atoms with Gasteiger partial charge in [0, 0.05) is 55.9 Å². The van der Waals surface area contributed by atoms with E-state index < -0.39 is 0 Å². The molecule has 2 aliphatic heterocycles. The molecule has 1 aliphatic carbocycles. The number of β-amino-alcohol motifs (C(OH)–C–C–N with tert-alkyl or cyclic N) is 1. The molecule has 0 radical (unpaired) electrons. The highest BCUT2D eigenvalue weighted by atomic mass is 16.5. The number of amides is 1. The van der Waals surface area contributed by atoms with Crippen LogP contribution in [0.2, 0.25) is 0 Å². The number of hydrogen-bond acceptors (Lipinski definition) is 6. The van der Waals surface area contributed by atoms with Crippen molar-refractivity contribution in [3.8, 4) is 0 Å². The van der Waals surface area contributed by atoms with Crippen LogP contribution in [0.1, 0.15) is 43.7 Å². The first-order valence-electron chi connectivity index (χ1n) is 9.32. The number of nitrogens with one attached hydrogen (secondary N) is 1. The number of aliphatic hydroxyl groups excluding tert-OH is 1. The van der Waals surface area contributed by atoms with Gasteiger partial charge in [-0.2, -0.15) is 0 Å². The molecule has 2 saturated heterocycles. The Kier molecular flexibility index (Phi) is 4.85. The molecule has 7 nitrogen and oxygen atoms in total. The number of aliphatic hydroxyl groups is 1. The molecule has 4 rings (SSSR count). The summed E-state index contributed by atoms with van der Waals surface area (Å²) in [6.07, 6.45) is 5.69. The third kappa shape index (κ3) is 3.77. The number of carbonyl (C=O) groups is 1. The fourth-order valence-electron chi connectivity index (χ4n) is 3.96. The predicted octanol–water partition coefficient (Wildman–Crippen LogP) is 0.836. The molecule has 0 unspecified atom stereocenters. The van der Waals surface area contributed by atoms with E-state index in [1.807, 2.05) is 6.07 Å². The number of hydrogen-bond donors (Lipinski definition) is 2. The molecule has 0 spiro atoms. The maximum absolute atomic E-state index is 12.3. The van der Waals surface area contributed by atoms with Crippen LogP contribution in [0.4, 0.5) is 5.82 Å². The van der Waals surface area contributed by atoms with E-state index in [2.05, 4.69) is 20.2 Å². The van der Waals surface area contributed by atoms with Gasteiger partial charge in [-0.3, -0.25) is 4.79 Å². The third-order valence-electron chi connectivity index (χ3n) is 5.66. The lowest BCUT2D eigenvalue weighted by molar-refractivity contribution is -0.129. The maximum Gasteiger partial charge on any atom is 0.223 e. The highest BCUT2D eigenvalue weighted by Crippen LogP contribution is 2.37. The minimum atomic E-state index is -0.258. The lowest BCUT2D eigenvalue weighted by Gasteiger charge is -2.36. The summed E-state index contributed by atoms with van der Waals surface area (Å²) < 4.78 is 5.32. The Bertz CT molecular complexity index is 614. The van der Waals surface area contributed by atoms with Crippen molar-refractivity contribution in [2.75, 3.05) is 31.2 Å². The van der Waals surface area contributed by atoms with Crippen LogP contribution < -0.4 is 10.2 Å². The van der Waals surface area contributed by atoms with Crippen molar-refractivity contribution < 1.29 is 14.6 Å². The average molecular weight is 346 g/mol. The van der Waals surface area contributed by atoms with E-state index in [9.17, 15) is 9.90 Å². The second-order valence-electron chi connectivity index (χ2n) is 7.45. The summed E-state index contributed by atoms with van der Waals surface area (Å²) in [6.45, 7) is 2.87. The summed E-state index contributed by atoms with van der Waals surface area (Å²) in [6, 6.07) is 2.30. The van der Waals surface area contributed by atoms with E-state index in [4.69, 9.17) is 4.74 Å². The molecule has 0 bridgehead atoms. The van der Waals surface area contributed by atoms with Gasteiger partial charge in [0.05, 0.1) is 6.10 Å². The maximum atomic E-state index is 12.3. The molecule has 3 aliphatic rings. The molecule has 2 N–H and O–H groups in total. The summed E-state index contributed by atoms with van der Waals surface area (Å²) in [5.41, 5.74) is 1.04. The van der Waals surface area contributed by atoms with Gasteiger partial charge in [-0.1, -0.05) is 0 Å². The number of nitrogens with zero attached hydrogens (tertiary/aromatic N) is 3. The third-order valence-corrected chi connectivity index (χ3v) is 5.66. The summed E-state index contributed by atoms with van der Waals surface area (Å²) in [7, 11) is 0. The van der Waals surface area contributed by atoms with Crippen LogP contribution in [-0.4, -0.2) is 59.4 Å². The van der Waals surface area contributed by atoms with Gasteiger partial charge in [0.25, 0.3) is 0 Å². The smallest absolute Gasteiger partial charge is 0.223 e. The molecule has 25 heavy (non-hydrogen) atoms. The standard InChI is InChI=1S/C18H26N4O3/c23-15-1-4-22(10-15)17-9-16(19-11-20-17)13-7-14(8-13)21-18(24)12-2-5-25-6-3-12/h9,11-15,23H,1-8,10H2,(H,21,24)/t13?,14?,15-/m0/s1. The van der Waals surface area contributed by atoms with Gasteiger partial charge >= 0.3 is 0 Å². The van der Waals surface area contributed by atoms with Crippen LogP contribution in [0, 0.1) is 5.92 Å². The minimum Gasteiger partial charge on any atom is -0.391 e. The molecular formula is C18H26N4O3. The zero-order chi connectivity index (χ0) is 17.2. The average Bonchev–Trinajstić information content (AvgIpc) is 3.05. The number of rotatable bonds is 4. The first kappa shape index (κ1) is 16.7. The van der Waals surface area contributed by atoms with Crippen LogP contribution in [0.15, 0.2) is 12.4 Å². The second-order valence-corrected chi connectivity index (χ2v) is 7.45. The normalized spacial score (nSPS) is 30.1. The molecule has 0 aromatic carbocycles. The molecule has 136 valence electrons. The lowest BCUT2D eigenvalue weighted by atomic mass is 9.77. The van der Waals surface area contributed by atoms with Crippen molar-refractivity contribution in [1.82, 2.24) is 15.3 Å². The van der Waals surface area contributed by atoms with E-state index in [0.29, 0.717) is 25.7 Å². The first-order valence-corrected chi connectivity index (χ1v) is 9.32. The van der Waals surface area contributed by atoms with E-state index in [-0.39, 0.29) is 24.0 Å². The quantitative estimate of drug-likeness (QED) is 0.840. The molecule has 3 fully saturated rings. The van der Waals surface area contributed by atoms with Gasteiger partial charge in [0.1, 0.15) is 12.1 Å². The van der Waals surface area contributed by atoms with Gasteiger partial charge in [-0.25, -0.2) is 9.97 Å². The van der Waals surface area contributed by atoms with Crippen LogP contribution in [0.3, 0.4) is 0 Å². The fourth-order valence-corrected chi connectivity index (χ4v) is 3.96. The summed E-state index contributed by atoms with van der Waals surface area (Å²) in [4.78, 5) is 23.2. The largest absolute Gasteiger partial charge is 0.391 e. The number of aromatic nitrogens is 2. The van der Waals surface area contributed by atoms with Crippen molar-refractivity contribution in [2.45, 2.75) is 50.2 Å². The van der Waals surface area contributed by atoms with Crippen molar-refractivity contribution >= 4 is 11.7 Å². The predicted molar refractivity (Wildman–Crippen MR) is 92.3 cm³/mol. The monoisotopic (exact) mass is 346 g/mol. The second kappa shape index (κ2) is 7.25. The van der Waals surface area contributed by atoms with E-state index in [0.717, 1.165) is 50.2 Å². The molecule has 1 aromatic rings. The van der Waals surface area contributed by atoms with E-state index in [1.54, 1.807) is 6.33 Å². The number of carbonyl (C=O) groups excluding carboxylic acids is 1. The summed E-state index contributed by atoms with van der Waals surface area (Å²) in [5, 5.41) is 12.9. The number of ether oxygens (including phenoxy) is 1. The van der Waals surface area contributed by atoms with Gasteiger partial charge < -0.3 is 20.1 Å². The highest BCUT2D eigenvalue weighted by molar-refractivity contribution is 5.79. The Morgan fingerprint density at radius 3 is 2.76 bits per heavy atom. The zero-order valence-corrected chi connectivity index (χ0v) is 14.4. The Labute approximate surface area is 147 Å². The summed E-state index contributed by atoms with van der Waals surface area (Å²) in [5.74, 6) is 1.58. The van der Waals surface area contributed by atoms with E-state index in [1.165, 1.54) is 0 Å². The molecule has 1 saturated carbocycles. The minimum absolute atomic E-state index is 0.111. The van der Waals surface area contributed by atoms with Crippen LogP contribution >= 0.6 is 0 Å². The molecule has 1 atom stereocenters. The Balaban J connectivity index is 1.29. The molecule has 7 heteroatoms. The lowest BCUT2D eigenvalue weighted by Crippen LogP contribution is -2.46. The van der Waals surface area contributed by atoms with Crippen molar-refractivity contribution in [3.63, 3.8) is 0 Å².